The summed E-state index contributed by atoms with van der Waals surface area (Å²) in [6.45, 7) is 5.64. The highest BCUT2D eigenvalue weighted by Crippen LogP contribution is 2.67. The maximum atomic E-state index is 16.2. The molecule has 7 atom stereocenters. The number of halogens is 1. The average molecular weight is 565 g/mol. The molecule has 15 heteroatoms. The highest BCUT2D eigenvalue weighted by Gasteiger charge is 2.82. The topological polar surface area (TPSA) is 172 Å². The van der Waals surface area contributed by atoms with Gasteiger partial charge in [-0.15, -0.1) is 0 Å². The first kappa shape index (κ1) is 27.4. The maximum Gasteiger partial charge on any atom is 0.459 e. The van der Waals surface area contributed by atoms with E-state index in [1.165, 1.54) is 30.9 Å². The van der Waals surface area contributed by atoms with E-state index in [1.54, 1.807) is 44.2 Å². The minimum absolute atomic E-state index is 0.109. The molecule has 0 radical (unpaired) electrons. The maximum absolute atomic E-state index is 16.2. The summed E-state index contributed by atoms with van der Waals surface area (Å²) in [5.74, 6) is -1.21. The molecule has 0 amide bonds. The van der Waals surface area contributed by atoms with E-state index in [-0.39, 0.29) is 29.0 Å². The molecule has 2 fully saturated rings. The van der Waals surface area contributed by atoms with Crippen LogP contribution in [0.2, 0.25) is 0 Å². The second-order valence-corrected chi connectivity index (χ2v) is 11.7. The SMILES string of the molecule is CC(C)OC(=O)C(C)NP(=O)(OCC1C2OC(c3cnc4c(N)ncnn34)C(C)(F)C12O)Oc1ccccc1. The summed E-state index contributed by atoms with van der Waals surface area (Å²) >= 11 is 0. The van der Waals surface area contributed by atoms with Crippen LogP contribution in [0, 0.1) is 5.92 Å². The number of nitrogens with one attached hydrogen (secondary N) is 1. The predicted octanol–water partition coefficient (Wildman–Crippen LogP) is 2.37. The van der Waals surface area contributed by atoms with Crippen molar-refractivity contribution in [3.05, 3.63) is 48.5 Å². The molecule has 2 aromatic heterocycles. The number of rotatable bonds is 10. The van der Waals surface area contributed by atoms with Gasteiger partial charge >= 0.3 is 13.7 Å². The minimum atomic E-state index is -4.21. The lowest BCUT2D eigenvalue weighted by atomic mass is 9.90. The number of para-hydroxylation sites is 1. The standard InChI is InChI=1S/C24H30FN6O7P/c1-13(2)36-22(32)14(3)30-39(34,38-15-8-6-5-7-9-15)35-11-16-18-24(16,33)23(4,25)19(37-18)17-10-27-21-20(26)28-12-29-31(17)21/h5-10,12-14,16,18-19,33H,11H2,1-4H3,(H,30,34)(H2,26,28,29). The third-order valence-electron chi connectivity index (χ3n) is 6.89. The third kappa shape index (κ3) is 4.76. The Morgan fingerprint density at radius 3 is 2.67 bits per heavy atom. The molecule has 1 aromatic carbocycles. The van der Waals surface area contributed by atoms with Crippen molar-refractivity contribution in [1.29, 1.82) is 0 Å². The number of hydrogen-bond acceptors (Lipinski definition) is 11. The molecule has 2 aliphatic rings. The first-order valence-electron chi connectivity index (χ1n) is 12.4. The Balaban J connectivity index is 1.32. The van der Waals surface area contributed by atoms with E-state index in [4.69, 9.17) is 24.3 Å². The summed E-state index contributed by atoms with van der Waals surface area (Å²) in [6.07, 6.45) is -0.00824. The third-order valence-corrected chi connectivity index (χ3v) is 8.53. The summed E-state index contributed by atoms with van der Waals surface area (Å²) in [4.78, 5) is 20.3. The number of nitrogens with zero attached hydrogens (tertiary/aromatic N) is 4. The van der Waals surface area contributed by atoms with Crippen molar-refractivity contribution in [2.24, 2.45) is 5.92 Å². The van der Waals surface area contributed by atoms with Gasteiger partial charge in [0.1, 0.15) is 29.8 Å². The molecule has 1 aliphatic carbocycles. The largest absolute Gasteiger partial charge is 0.462 e. The molecular weight excluding hydrogens is 534 g/mol. The van der Waals surface area contributed by atoms with Crippen molar-refractivity contribution >= 4 is 25.2 Å². The number of carbonyl (C=O) groups is 1. The van der Waals surface area contributed by atoms with E-state index in [2.05, 4.69) is 20.2 Å². The van der Waals surface area contributed by atoms with Crippen LogP contribution in [0.25, 0.3) is 5.65 Å². The van der Waals surface area contributed by atoms with Crippen LogP contribution in [0.5, 0.6) is 5.75 Å². The summed E-state index contributed by atoms with van der Waals surface area (Å²) in [5.41, 5.74) is 2.05. The van der Waals surface area contributed by atoms with Crippen LogP contribution >= 0.6 is 7.75 Å². The number of anilines is 1. The number of hydrogen-bond donors (Lipinski definition) is 3. The first-order valence-corrected chi connectivity index (χ1v) is 13.9. The zero-order chi connectivity index (χ0) is 28.2. The number of fused-ring (bicyclic) bond motifs is 2. The van der Waals surface area contributed by atoms with Crippen LogP contribution in [-0.4, -0.2) is 66.8 Å². The second kappa shape index (κ2) is 9.79. The average Bonchev–Trinajstić information content (AvgIpc) is 3.13. The van der Waals surface area contributed by atoms with E-state index >= 15 is 4.39 Å². The van der Waals surface area contributed by atoms with Crippen LogP contribution in [0.1, 0.15) is 39.5 Å². The quantitative estimate of drug-likeness (QED) is 0.243. The number of ether oxygens (including phenoxy) is 2. The number of nitrogens with two attached hydrogens (primary N) is 1. The van der Waals surface area contributed by atoms with Crippen LogP contribution in [0.15, 0.2) is 42.9 Å². The van der Waals surface area contributed by atoms with Gasteiger partial charge in [0, 0.05) is 5.92 Å². The number of aromatic nitrogens is 4. The van der Waals surface area contributed by atoms with Crippen LogP contribution < -0.4 is 15.3 Å². The number of aliphatic hydroxyl groups is 1. The molecule has 39 heavy (non-hydrogen) atoms. The number of benzene rings is 1. The molecule has 1 saturated heterocycles. The van der Waals surface area contributed by atoms with Crippen molar-refractivity contribution in [2.75, 3.05) is 12.3 Å². The minimum Gasteiger partial charge on any atom is -0.462 e. The van der Waals surface area contributed by atoms with Gasteiger partial charge in [-0.1, -0.05) is 18.2 Å². The van der Waals surface area contributed by atoms with Crippen LogP contribution in [0.4, 0.5) is 10.2 Å². The van der Waals surface area contributed by atoms with Crippen molar-refractivity contribution in [3.8, 4) is 5.75 Å². The molecular formula is C24H30FN6O7P. The zero-order valence-electron chi connectivity index (χ0n) is 21.7. The number of nitrogen functional groups attached to an aromatic ring is 1. The van der Waals surface area contributed by atoms with Gasteiger partial charge in [0.2, 0.25) is 0 Å². The summed E-state index contributed by atoms with van der Waals surface area (Å²) in [5, 5.41) is 18.0. The van der Waals surface area contributed by atoms with Gasteiger partial charge in [0.15, 0.2) is 17.1 Å². The van der Waals surface area contributed by atoms with Gasteiger partial charge < -0.3 is 24.8 Å². The first-order chi connectivity index (χ1) is 18.4. The molecule has 210 valence electrons. The molecule has 0 spiro atoms. The fraction of sp³-hybridized carbons (Fsp3) is 0.500. The van der Waals surface area contributed by atoms with Gasteiger partial charge in [0.25, 0.3) is 0 Å². The van der Waals surface area contributed by atoms with E-state index in [1.807, 2.05) is 0 Å². The molecule has 4 N–H and O–H groups in total. The second-order valence-electron chi connectivity index (χ2n) is 10.0. The lowest BCUT2D eigenvalue weighted by Gasteiger charge is -2.30. The Hall–Kier alpha value is -3.16. The van der Waals surface area contributed by atoms with Crippen molar-refractivity contribution < 1.29 is 37.4 Å². The number of imidazole rings is 1. The van der Waals surface area contributed by atoms with Crippen molar-refractivity contribution in [3.63, 3.8) is 0 Å². The predicted molar refractivity (Wildman–Crippen MR) is 135 cm³/mol. The molecule has 1 aliphatic heterocycles. The van der Waals surface area contributed by atoms with Crippen LogP contribution in [0.3, 0.4) is 0 Å². The normalized spacial score (nSPS) is 30.1. The number of alkyl halides is 1. The van der Waals surface area contributed by atoms with Gasteiger partial charge in [-0.05, 0) is 39.8 Å². The molecule has 7 unspecified atom stereocenters. The fourth-order valence-electron chi connectivity index (χ4n) is 4.84. The van der Waals surface area contributed by atoms with E-state index < -0.39 is 55.8 Å². The summed E-state index contributed by atoms with van der Waals surface area (Å²) in [7, 11) is -4.21. The molecule has 0 bridgehead atoms. The van der Waals surface area contributed by atoms with Crippen molar-refractivity contribution in [1.82, 2.24) is 24.7 Å². The molecule has 5 rings (SSSR count). The Bertz CT molecular complexity index is 1420. The zero-order valence-corrected chi connectivity index (χ0v) is 22.6. The molecule has 1 saturated carbocycles. The van der Waals surface area contributed by atoms with E-state index in [0.717, 1.165) is 0 Å². The molecule has 13 nitrogen and oxygen atoms in total. The van der Waals surface area contributed by atoms with E-state index in [0.29, 0.717) is 0 Å². The lowest BCUT2D eigenvalue weighted by Crippen LogP contribution is -2.43. The highest BCUT2D eigenvalue weighted by molar-refractivity contribution is 7.52. The fourth-order valence-corrected chi connectivity index (χ4v) is 6.36. The molecule has 3 aromatic rings. The molecule has 3 heterocycles. The van der Waals surface area contributed by atoms with Gasteiger partial charge in [-0.2, -0.15) is 10.2 Å². The Labute approximate surface area is 223 Å². The van der Waals surface area contributed by atoms with Gasteiger partial charge in [-0.25, -0.2) is 23.4 Å². The van der Waals surface area contributed by atoms with E-state index in [9.17, 15) is 14.5 Å². The Kier molecular flexibility index (Phi) is 6.88. The van der Waals surface area contributed by atoms with Crippen molar-refractivity contribution in [2.45, 2.75) is 63.3 Å². The monoisotopic (exact) mass is 564 g/mol. The summed E-state index contributed by atoms with van der Waals surface area (Å²) < 4.78 is 53.6. The highest BCUT2D eigenvalue weighted by atomic mass is 31.2. The smallest absolute Gasteiger partial charge is 0.459 e. The Morgan fingerprint density at radius 1 is 1.31 bits per heavy atom. The van der Waals surface area contributed by atoms with Gasteiger partial charge in [-0.3, -0.25) is 9.32 Å². The summed E-state index contributed by atoms with van der Waals surface area (Å²) in [6, 6.07) is 7.16. The Morgan fingerprint density at radius 2 is 2.03 bits per heavy atom. The van der Waals surface area contributed by atoms with Crippen LogP contribution in [-0.2, 0) is 23.4 Å². The number of carbonyl (C=O) groups excluding carboxylic acids is 1. The van der Waals surface area contributed by atoms with Gasteiger partial charge in [0.05, 0.1) is 30.7 Å². The number of esters is 1. The lowest BCUT2D eigenvalue weighted by molar-refractivity contribution is -0.149.